The lowest BCUT2D eigenvalue weighted by Gasteiger charge is -2.53. The minimum atomic E-state index is -1.81. The number of aliphatic hydroxyl groups excluding tert-OH is 2. The summed E-state index contributed by atoms with van der Waals surface area (Å²) in [5.74, 6) is -2.67. The van der Waals surface area contributed by atoms with Crippen LogP contribution in [0.1, 0.15) is 108 Å². The molecular formula is C41H79N3O12. The van der Waals surface area contributed by atoms with E-state index in [2.05, 4.69) is 10.6 Å². The average Bonchev–Trinajstić information content (AvgIpc) is 3.12. The summed E-state index contributed by atoms with van der Waals surface area (Å²) in [6.07, 6.45) is -6.62. The van der Waals surface area contributed by atoms with Crippen LogP contribution in [0.15, 0.2) is 0 Å². The van der Waals surface area contributed by atoms with Crippen LogP contribution < -0.4 is 10.6 Å². The van der Waals surface area contributed by atoms with Crippen molar-refractivity contribution >= 4 is 5.97 Å². The number of nitrogens with one attached hydrogen (secondary N) is 2. The van der Waals surface area contributed by atoms with Gasteiger partial charge in [-0.25, -0.2) is 0 Å². The van der Waals surface area contributed by atoms with Crippen molar-refractivity contribution in [3.63, 3.8) is 0 Å². The van der Waals surface area contributed by atoms with Crippen LogP contribution in [0.4, 0.5) is 0 Å². The lowest BCUT2D eigenvalue weighted by molar-refractivity contribution is -0.336. The van der Waals surface area contributed by atoms with Gasteiger partial charge in [0.25, 0.3) is 0 Å². The summed E-state index contributed by atoms with van der Waals surface area (Å²) < 4.78 is 38.4. The van der Waals surface area contributed by atoms with Crippen molar-refractivity contribution in [3.05, 3.63) is 0 Å². The Morgan fingerprint density at radius 2 is 1.70 bits per heavy atom. The van der Waals surface area contributed by atoms with Crippen LogP contribution in [0, 0.1) is 17.8 Å². The van der Waals surface area contributed by atoms with Crippen molar-refractivity contribution in [3.8, 4) is 0 Å². The fourth-order valence-corrected chi connectivity index (χ4v) is 9.21. The van der Waals surface area contributed by atoms with Gasteiger partial charge in [-0.1, -0.05) is 27.7 Å². The van der Waals surface area contributed by atoms with Gasteiger partial charge in [0.2, 0.25) is 0 Å². The van der Waals surface area contributed by atoms with Crippen molar-refractivity contribution in [1.29, 1.82) is 0 Å². The van der Waals surface area contributed by atoms with Gasteiger partial charge in [-0.15, -0.1) is 0 Å². The molecule has 0 bridgehead atoms. The molecule has 0 aromatic heterocycles. The first-order valence-electron chi connectivity index (χ1n) is 20.9. The van der Waals surface area contributed by atoms with E-state index >= 15 is 0 Å². The molecule has 0 amide bonds. The molecule has 7 N–H and O–H groups in total. The highest BCUT2D eigenvalue weighted by Crippen LogP contribution is 2.43. The molecule has 0 aromatic rings. The molecule has 0 saturated carbocycles. The molecule has 18 unspecified atom stereocenters. The van der Waals surface area contributed by atoms with E-state index in [-0.39, 0.29) is 43.9 Å². The number of esters is 1. The van der Waals surface area contributed by atoms with Gasteiger partial charge in [0.15, 0.2) is 12.6 Å². The summed E-state index contributed by atoms with van der Waals surface area (Å²) >= 11 is 0. The Hall–Kier alpha value is -1.05. The molecule has 0 aliphatic carbocycles. The van der Waals surface area contributed by atoms with Crippen LogP contribution in [0.2, 0.25) is 0 Å². The van der Waals surface area contributed by atoms with Gasteiger partial charge in [-0.05, 0) is 107 Å². The summed E-state index contributed by atoms with van der Waals surface area (Å²) in [6, 6.07) is -0.875. The standard InChI is InChI=1S/C41H79N3O12/c1-15-17-42-22-41(50)28(8)53-31(20-39(41,10)51-14)54-33-25(5)34(56-37-32(46)29(44(12)13)18-24(4)52-37)38(9,48)19-23(3)21-43-27(7)35(55-36(47)26(33)6)40(11,49)30(45)16-2/h23-35,37,42-43,45-46,48-50H,15-22H2,1-14H3. The number of ether oxygens (including phenoxy) is 6. The lowest BCUT2D eigenvalue weighted by atomic mass is 9.75. The average molecular weight is 806 g/mol. The van der Waals surface area contributed by atoms with Crippen LogP contribution in [0.25, 0.3) is 0 Å². The predicted molar refractivity (Wildman–Crippen MR) is 212 cm³/mol. The van der Waals surface area contributed by atoms with E-state index in [1.165, 1.54) is 14.0 Å². The summed E-state index contributed by atoms with van der Waals surface area (Å²) in [5, 5.41) is 65.4. The zero-order valence-electron chi connectivity index (χ0n) is 36.8. The van der Waals surface area contributed by atoms with Gasteiger partial charge in [-0.3, -0.25) is 4.79 Å². The fourth-order valence-electron chi connectivity index (χ4n) is 9.21. The number of likely N-dealkylation sites (N-methyl/N-ethyl adjacent to an activating group) is 1. The fraction of sp³-hybridized carbons (Fsp3) is 0.976. The molecule has 3 fully saturated rings. The van der Waals surface area contributed by atoms with E-state index in [1.54, 1.807) is 34.6 Å². The number of carbonyl (C=O) groups excluding carboxylic acids is 1. The number of rotatable bonds is 13. The number of cyclic esters (lactones) is 1. The van der Waals surface area contributed by atoms with Crippen LogP contribution in [0.3, 0.4) is 0 Å². The Bertz CT molecular complexity index is 1230. The molecule has 3 heterocycles. The SMILES string of the molecule is CCCNCC1(O)C(C)OC(OC2C(C)C(=O)OC(C(C)(O)C(O)CC)C(C)NCC(C)CC(C)(O)C(OC3OC(C)CC(N(C)C)C3O)C2C)CC1(C)OC. The highest BCUT2D eigenvalue weighted by atomic mass is 16.7. The maximum absolute atomic E-state index is 14.5. The van der Waals surface area contributed by atoms with Crippen molar-refractivity contribution in [2.24, 2.45) is 17.8 Å². The van der Waals surface area contributed by atoms with Gasteiger partial charge >= 0.3 is 5.97 Å². The largest absolute Gasteiger partial charge is 0.457 e. The highest BCUT2D eigenvalue weighted by Gasteiger charge is 2.58. The Labute approximate surface area is 336 Å². The number of aliphatic hydroxyl groups is 5. The summed E-state index contributed by atoms with van der Waals surface area (Å²) in [6.45, 7) is 20.9. The second kappa shape index (κ2) is 20.0. The molecule has 3 aliphatic rings. The maximum atomic E-state index is 14.5. The Morgan fingerprint density at radius 3 is 2.27 bits per heavy atom. The van der Waals surface area contributed by atoms with E-state index in [0.29, 0.717) is 19.5 Å². The topological polar surface area (TPSA) is 201 Å². The van der Waals surface area contributed by atoms with Gasteiger partial charge < -0.3 is 69.5 Å². The maximum Gasteiger partial charge on any atom is 0.311 e. The first-order valence-corrected chi connectivity index (χ1v) is 20.9. The summed E-state index contributed by atoms with van der Waals surface area (Å²) in [7, 11) is 5.31. The quantitative estimate of drug-likeness (QED) is 0.105. The lowest BCUT2D eigenvalue weighted by Crippen LogP contribution is -2.70. The first kappa shape index (κ1) is 49.3. The van der Waals surface area contributed by atoms with E-state index in [4.69, 9.17) is 28.4 Å². The van der Waals surface area contributed by atoms with Crippen LogP contribution >= 0.6 is 0 Å². The molecule has 0 aromatic carbocycles. The Kier molecular flexibility index (Phi) is 17.6. The third-order valence-electron chi connectivity index (χ3n) is 13.0. The first-order chi connectivity index (χ1) is 25.9. The van der Waals surface area contributed by atoms with E-state index in [9.17, 15) is 30.3 Å². The Balaban J connectivity index is 2.16. The number of hydrogen-bond donors (Lipinski definition) is 7. The van der Waals surface area contributed by atoms with Crippen molar-refractivity contribution < 1.29 is 58.7 Å². The zero-order chi connectivity index (χ0) is 42.6. The van der Waals surface area contributed by atoms with Crippen LogP contribution in [0.5, 0.6) is 0 Å². The molecule has 0 spiro atoms. The number of carbonyl (C=O) groups is 1. The van der Waals surface area contributed by atoms with E-state index in [0.717, 1.165) is 6.42 Å². The second-order valence-corrected chi connectivity index (χ2v) is 18.2. The molecular weight excluding hydrogens is 726 g/mol. The molecule has 15 heteroatoms. The van der Waals surface area contributed by atoms with Crippen LogP contribution in [-0.4, -0.2) is 167 Å². The molecule has 3 saturated heterocycles. The van der Waals surface area contributed by atoms with Gasteiger partial charge in [0.05, 0.1) is 42.0 Å². The number of nitrogens with zero attached hydrogens (tertiary/aromatic N) is 1. The van der Waals surface area contributed by atoms with Gasteiger partial charge in [-0.2, -0.15) is 0 Å². The van der Waals surface area contributed by atoms with Gasteiger partial charge in [0.1, 0.15) is 29.0 Å². The van der Waals surface area contributed by atoms with Crippen molar-refractivity contribution in [1.82, 2.24) is 15.5 Å². The Morgan fingerprint density at radius 1 is 1.05 bits per heavy atom. The smallest absolute Gasteiger partial charge is 0.311 e. The molecule has 330 valence electrons. The van der Waals surface area contributed by atoms with Crippen molar-refractivity contribution in [2.45, 2.75) is 198 Å². The molecule has 3 rings (SSSR count). The minimum absolute atomic E-state index is 0.0928. The molecule has 0 radical (unpaired) electrons. The summed E-state index contributed by atoms with van der Waals surface area (Å²) in [5.41, 5.74) is -5.93. The highest BCUT2D eigenvalue weighted by molar-refractivity contribution is 5.73. The van der Waals surface area contributed by atoms with Gasteiger partial charge in [0, 0.05) is 38.1 Å². The molecule has 18 atom stereocenters. The van der Waals surface area contributed by atoms with Crippen LogP contribution in [-0.2, 0) is 33.2 Å². The zero-order valence-corrected chi connectivity index (χ0v) is 36.8. The normalized spacial score (nSPS) is 45.2. The molecule has 56 heavy (non-hydrogen) atoms. The third kappa shape index (κ3) is 11.0. The number of hydrogen-bond acceptors (Lipinski definition) is 15. The molecule has 3 aliphatic heterocycles. The third-order valence-corrected chi connectivity index (χ3v) is 13.0. The second-order valence-electron chi connectivity index (χ2n) is 18.2. The summed E-state index contributed by atoms with van der Waals surface area (Å²) in [4.78, 5) is 16.4. The molecule has 15 nitrogen and oxygen atoms in total. The monoisotopic (exact) mass is 806 g/mol. The van der Waals surface area contributed by atoms with E-state index < -0.39 is 95.5 Å². The van der Waals surface area contributed by atoms with E-state index in [1.807, 2.05) is 53.6 Å². The van der Waals surface area contributed by atoms with Crippen molar-refractivity contribution in [2.75, 3.05) is 40.8 Å². The minimum Gasteiger partial charge on any atom is -0.457 e. The predicted octanol–water partition coefficient (Wildman–Crippen LogP) is 1.93. The number of methoxy groups -OCH3 is 1.